The van der Waals surface area contributed by atoms with Gasteiger partial charge in [0, 0.05) is 30.4 Å². The fourth-order valence-corrected chi connectivity index (χ4v) is 4.26. The average molecular weight is 386 g/mol. The van der Waals surface area contributed by atoms with E-state index in [0.717, 1.165) is 35.3 Å². The van der Waals surface area contributed by atoms with Crippen LogP contribution in [0.2, 0.25) is 0 Å². The quantitative estimate of drug-likeness (QED) is 0.685. The van der Waals surface area contributed by atoms with E-state index in [-0.39, 0.29) is 11.8 Å². The lowest BCUT2D eigenvalue weighted by Crippen LogP contribution is -2.25. The maximum absolute atomic E-state index is 12.2. The highest BCUT2D eigenvalue weighted by atomic mass is 32.1. The molecule has 0 aromatic carbocycles. The molecule has 4 N–H and O–H groups in total. The molecule has 0 saturated carbocycles. The topological polar surface area (TPSA) is 106 Å². The molecule has 0 fully saturated rings. The SMILES string of the molecule is CNC(=O)OC[C@@H]1CCc2c(sc(NC(=O)/C=C/c3cccnc3)c2N)C1. The second-order valence-electron chi connectivity index (χ2n) is 6.31. The summed E-state index contributed by atoms with van der Waals surface area (Å²) in [5, 5.41) is 5.98. The lowest BCUT2D eigenvalue weighted by molar-refractivity contribution is -0.111. The van der Waals surface area contributed by atoms with E-state index >= 15 is 0 Å². The number of nitrogens with zero attached hydrogens (tertiary/aromatic N) is 1. The third-order valence-electron chi connectivity index (χ3n) is 4.41. The van der Waals surface area contributed by atoms with Crippen LogP contribution in [0.25, 0.3) is 6.08 Å². The van der Waals surface area contributed by atoms with Gasteiger partial charge in [-0.25, -0.2) is 4.79 Å². The molecular weight excluding hydrogens is 364 g/mol. The zero-order valence-electron chi connectivity index (χ0n) is 15.0. The van der Waals surface area contributed by atoms with E-state index in [4.69, 9.17) is 10.5 Å². The van der Waals surface area contributed by atoms with Crippen molar-refractivity contribution in [3.05, 3.63) is 46.6 Å². The van der Waals surface area contributed by atoms with Gasteiger partial charge >= 0.3 is 6.09 Å². The van der Waals surface area contributed by atoms with E-state index in [1.54, 1.807) is 25.5 Å². The standard InChI is InChI=1S/C19H22N4O3S/c1-21-19(25)26-11-13-4-6-14-15(9-13)27-18(17(14)20)23-16(24)7-5-12-3-2-8-22-10-12/h2-3,5,7-8,10,13H,4,6,9,11,20H2,1H3,(H,21,25)(H,23,24)/b7-5+/t13-/m1/s1. The van der Waals surface area contributed by atoms with Crippen LogP contribution in [0.5, 0.6) is 0 Å². The molecule has 0 aliphatic heterocycles. The molecule has 7 nitrogen and oxygen atoms in total. The number of carbonyl (C=O) groups is 2. The number of alkyl carbamates (subject to hydrolysis) is 1. The van der Waals surface area contributed by atoms with Crippen molar-refractivity contribution in [2.75, 3.05) is 24.7 Å². The Bertz CT molecular complexity index is 848. The van der Waals surface area contributed by atoms with E-state index < -0.39 is 6.09 Å². The van der Waals surface area contributed by atoms with Crippen LogP contribution in [0, 0.1) is 5.92 Å². The van der Waals surface area contributed by atoms with Gasteiger partial charge in [0.25, 0.3) is 0 Å². The minimum Gasteiger partial charge on any atom is -0.449 e. The van der Waals surface area contributed by atoms with Gasteiger partial charge in [0.05, 0.1) is 12.3 Å². The molecule has 1 aliphatic rings. The fourth-order valence-electron chi connectivity index (χ4n) is 2.98. The monoisotopic (exact) mass is 386 g/mol. The summed E-state index contributed by atoms with van der Waals surface area (Å²) < 4.78 is 5.16. The van der Waals surface area contributed by atoms with Crippen LogP contribution in [0.15, 0.2) is 30.6 Å². The van der Waals surface area contributed by atoms with Crippen LogP contribution in [0.1, 0.15) is 22.4 Å². The highest BCUT2D eigenvalue weighted by molar-refractivity contribution is 7.17. The van der Waals surface area contributed by atoms with Gasteiger partial charge in [-0.2, -0.15) is 0 Å². The first-order chi connectivity index (χ1) is 13.1. The van der Waals surface area contributed by atoms with E-state index in [0.29, 0.717) is 17.3 Å². The number of nitrogen functional groups attached to an aromatic ring is 1. The molecule has 0 bridgehead atoms. The number of anilines is 2. The summed E-state index contributed by atoms with van der Waals surface area (Å²) in [7, 11) is 1.54. The van der Waals surface area contributed by atoms with Gasteiger partial charge in [-0.05, 0) is 48.4 Å². The van der Waals surface area contributed by atoms with Crippen molar-refractivity contribution in [1.29, 1.82) is 0 Å². The summed E-state index contributed by atoms with van der Waals surface area (Å²) in [5.41, 5.74) is 8.83. The maximum Gasteiger partial charge on any atom is 0.406 e. The Morgan fingerprint density at radius 3 is 3.07 bits per heavy atom. The zero-order valence-corrected chi connectivity index (χ0v) is 15.8. The molecule has 2 aromatic heterocycles. The smallest absolute Gasteiger partial charge is 0.406 e. The van der Waals surface area contributed by atoms with Gasteiger partial charge in [-0.3, -0.25) is 9.78 Å². The summed E-state index contributed by atoms with van der Waals surface area (Å²) in [4.78, 5) is 28.6. The minimum absolute atomic E-state index is 0.233. The number of hydrogen-bond acceptors (Lipinski definition) is 6. The number of rotatable bonds is 5. The second kappa shape index (κ2) is 8.68. The van der Waals surface area contributed by atoms with E-state index in [9.17, 15) is 9.59 Å². The van der Waals surface area contributed by atoms with Crippen molar-refractivity contribution < 1.29 is 14.3 Å². The predicted molar refractivity (Wildman–Crippen MR) is 107 cm³/mol. The third kappa shape index (κ3) is 4.85. The summed E-state index contributed by atoms with van der Waals surface area (Å²) in [6, 6.07) is 3.68. The highest BCUT2D eigenvalue weighted by Gasteiger charge is 2.25. The number of amides is 2. The number of pyridine rings is 1. The molecule has 1 atom stereocenters. The first kappa shape index (κ1) is 18.9. The van der Waals surface area contributed by atoms with Crippen LogP contribution in [0.4, 0.5) is 15.5 Å². The molecule has 2 heterocycles. The second-order valence-corrected chi connectivity index (χ2v) is 7.42. The number of carbonyl (C=O) groups excluding carboxylic acids is 2. The van der Waals surface area contributed by atoms with Gasteiger partial charge in [0.1, 0.15) is 5.00 Å². The van der Waals surface area contributed by atoms with Crippen LogP contribution in [-0.2, 0) is 22.4 Å². The molecule has 2 amide bonds. The van der Waals surface area contributed by atoms with E-state index in [1.807, 2.05) is 12.1 Å². The minimum atomic E-state index is -0.417. The molecule has 1 aliphatic carbocycles. The Morgan fingerprint density at radius 1 is 1.48 bits per heavy atom. The molecule has 0 saturated heterocycles. The third-order valence-corrected chi connectivity index (χ3v) is 5.60. The zero-order chi connectivity index (χ0) is 19.2. The van der Waals surface area contributed by atoms with Crippen molar-refractivity contribution in [2.45, 2.75) is 19.3 Å². The number of fused-ring (bicyclic) bond motifs is 1. The number of nitrogens with two attached hydrogens (primary N) is 1. The molecule has 27 heavy (non-hydrogen) atoms. The Kier molecular flexibility index (Phi) is 6.08. The predicted octanol–water partition coefficient (Wildman–Crippen LogP) is 2.84. The van der Waals surface area contributed by atoms with Gasteiger partial charge < -0.3 is 21.1 Å². The molecular formula is C19H22N4O3S. The van der Waals surface area contributed by atoms with E-state index in [1.165, 1.54) is 17.4 Å². The van der Waals surface area contributed by atoms with Crippen LogP contribution >= 0.6 is 11.3 Å². The normalized spacial score (nSPS) is 16.0. The fraction of sp³-hybridized carbons (Fsp3) is 0.316. The largest absolute Gasteiger partial charge is 0.449 e. The lowest BCUT2D eigenvalue weighted by atomic mass is 9.89. The molecule has 8 heteroatoms. The molecule has 0 unspecified atom stereocenters. The summed E-state index contributed by atoms with van der Waals surface area (Å²) in [5.74, 6) is 0.0329. The Morgan fingerprint density at radius 2 is 2.33 bits per heavy atom. The van der Waals surface area contributed by atoms with Crippen LogP contribution in [0.3, 0.4) is 0 Å². The Balaban J connectivity index is 1.62. The molecule has 0 radical (unpaired) electrons. The number of thiophene rings is 1. The van der Waals surface area contributed by atoms with Gasteiger partial charge in [-0.15, -0.1) is 11.3 Å². The summed E-state index contributed by atoms with van der Waals surface area (Å²) in [6.45, 7) is 0.381. The summed E-state index contributed by atoms with van der Waals surface area (Å²) in [6.07, 6.45) is 8.64. The molecule has 3 rings (SSSR count). The average Bonchev–Trinajstić information content (AvgIpc) is 3.00. The van der Waals surface area contributed by atoms with Gasteiger partial charge in [0.2, 0.25) is 5.91 Å². The first-order valence-corrected chi connectivity index (χ1v) is 9.52. The first-order valence-electron chi connectivity index (χ1n) is 8.70. The van der Waals surface area contributed by atoms with E-state index in [2.05, 4.69) is 15.6 Å². The lowest BCUT2D eigenvalue weighted by Gasteiger charge is -2.21. The number of hydrogen-bond donors (Lipinski definition) is 3. The Hall–Kier alpha value is -2.87. The summed E-state index contributed by atoms with van der Waals surface area (Å²) >= 11 is 1.50. The van der Waals surface area contributed by atoms with Crippen molar-refractivity contribution in [2.24, 2.45) is 5.92 Å². The van der Waals surface area contributed by atoms with Crippen molar-refractivity contribution in [3.8, 4) is 0 Å². The number of ether oxygens (including phenoxy) is 1. The number of nitrogens with one attached hydrogen (secondary N) is 2. The van der Waals surface area contributed by atoms with Gasteiger partial charge in [0.15, 0.2) is 0 Å². The van der Waals surface area contributed by atoms with Crippen molar-refractivity contribution in [3.63, 3.8) is 0 Å². The molecule has 2 aromatic rings. The number of aromatic nitrogens is 1. The molecule has 142 valence electrons. The molecule has 0 spiro atoms. The van der Waals surface area contributed by atoms with Crippen LogP contribution < -0.4 is 16.4 Å². The maximum atomic E-state index is 12.2. The van der Waals surface area contributed by atoms with Crippen molar-refractivity contribution >= 4 is 40.1 Å². The Labute approximate surface area is 161 Å². The highest BCUT2D eigenvalue weighted by Crippen LogP contribution is 2.41. The van der Waals surface area contributed by atoms with Gasteiger partial charge in [-0.1, -0.05) is 6.07 Å². The van der Waals surface area contributed by atoms with Crippen molar-refractivity contribution in [1.82, 2.24) is 10.3 Å². The van der Waals surface area contributed by atoms with Crippen LogP contribution in [-0.4, -0.2) is 30.6 Å².